The summed E-state index contributed by atoms with van der Waals surface area (Å²) in [5.74, 6) is -0.874. The Morgan fingerprint density at radius 1 is 1.09 bits per heavy atom. The Labute approximate surface area is 185 Å². The molecule has 0 aliphatic rings. The number of anilines is 1. The maximum atomic E-state index is 13.2. The number of carbonyl (C=O) groups is 2. The van der Waals surface area contributed by atoms with Crippen LogP contribution in [0.1, 0.15) is 41.1 Å². The van der Waals surface area contributed by atoms with Crippen molar-refractivity contribution in [1.29, 1.82) is 0 Å². The highest BCUT2D eigenvalue weighted by Gasteiger charge is 2.27. The second-order valence-electron chi connectivity index (χ2n) is 7.17. The molecule has 0 aliphatic carbocycles. The second-order valence-corrected chi connectivity index (χ2v) is 7.17. The van der Waals surface area contributed by atoms with Gasteiger partial charge in [-0.25, -0.2) is 9.48 Å². The Balaban J connectivity index is 1.90. The fourth-order valence-corrected chi connectivity index (χ4v) is 3.12. The zero-order valence-electron chi connectivity index (χ0n) is 18.2. The third-order valence-electron chi connectivity index (χ3n) is 4.69. The van der Waals surface area contributed by atoms with Crippen LogP contribution in [0.25, 0.3) is 0 Å². The van der Waals surface area contributed by atoms with E-state index in [9.17, 15) is 14.4 Å². The predicted molar refractivity (Wildman–Crippen MR) is 120 cm³/mol. The quantitative estimate of drug-likeness (QED) is 0.544. The number of ether oxygens (including phenoxy) is 2. The number of carbonyl (C=O) groups excluding carboxylic acids is 2. The van der Waals surface area contributed by atoms with Crippen LogP contribution in [0.4, 0.5) is 5.69 Å². The van der Waals surface area contributed by atoms with Crippen LogP contribution in [-0.2, 0) is 16.1 Å². The number of rotatable bonds is 8. The van der Waals surface area contributed by atoms with Crippen LogP contribution in [0.15, 0.2) is 65.5 Å². The smallest absolute Gasteiger partial charge is 0.359 e. The summed E-state index contributed by atoms with van der Waals surface area (Å²) in [5, 5.41) is 6.85. The Hall–Kier alpha value is -3.94. The summed E-state index contributed by atoms with van der Waals surface area (Å²) in [6, 6.07) is 16.6. The van der Waals surface area contributed by atoms with E-state index in [1.54, 1.807) is 42.5 Å². The molecule has 1 heterocycles. The topological polar surface area (TPSA) is 99.5 Å². The number of aryl methyl sites for hydroxylation is 2. The van der Waals surface area contributed by atoms with Gasteiger partial charge in [0.25, 0.3) is 11.5 Å². The summed E-state index contributed by atoms with van der Waals surface area (Å²) < 4.78 is 12.1. The van der Waals surface area contributed by atoms with E-state index in [4.69, 9.17) is 9.47 Å². The first kappa shape index (κ1) is 22.7. The lowest BCUT2D eigenvalue weighted by atomic mass is 10.1. The number of amides is 1. The molecule has 1 N–H and O–H groups in total. The standard InChI is InChI=1S/C24H25N3O5/c1-4-14-27-21(28)13-11-18(26-27)24(30)32-22(17-8-6-5-7-9-17)23(29)25-19-15-16(2)10-12-20(19)31-3/h5-13,15,22H,4,14H2,1-3H3,(H,25,29). The van der Waals surface area contributed by atoms with Crippen molar-refractivity contribution in [2.75, 3.05) is 12.4 Å². The summed E-state index contributed by atoms with van der Waals surface area (Å²) in [5.41, 5.74) is 1.51. The minimum absolute atomic E-state index is 0.0556. The summed E-state index contributed by atoms with van der Waals surface area (Å²) >= 11 is 0. The molecule has 3 aromatic rings. The molecule has 1 unspecified atom stereocenters. The highest BCUT2D eigenvalue weighted by atomic mass is 16.5. The average Bonchev–Trinajstić information content (AvgIpc) is 2.79. The van der Waals surface area contributed by atoms with Crippen LogP contribution in [0.5, 0.6) is 5.75 Å². The number of nitrogens with one attached hydrogen (secondary N) is 1. The Kier molecular flexibility index (Phi) is 7.38. The van der Waals surface area contributed by atoms with Gasteiger partial charge in [-0.1, -0.05) is 43.3 Å². The van der Waals surface area contributed by atoms with E-state index in [2.05, 4.69) is 10.4 Å². The summed E-state index contributed by atoms with van der Waals surface area (Å²) in [7, 11) is 1.51. The average molecular weight is 435 g/mol. The molecular formula is C24H25N3O5. The van der Waals surface area contributed by atoms with E-state index < -0.39 is 18.0 Å². The third kappa shape index (κ3) is 5.40. The zero-order chi connectivity index (χ0) is 23.1. The van der Waals surface area contributed by atoms with Crippen LogP contribution in [0.3, 0.4) is 0 Å². The van der Waals surface area contributed by atoms with Gasteiger partial charge < -0.3 is 14.8 Å². The van der Waals surface area contributed by atoms with Crippen molar-refractivity contribution >= 4 is 17.6 Å². The maximum absolute atomic E-state index is 13.2. The lowest BCUT2D eigenvalue weighted by molar-refractivity contribution is -0.125. The summed E-state index contributed by atoms with van der Waals surface area (Å²) in [4.78, 5) is 37.9. The molecule has 1 amide bonds. The van der Waals surface area contributed by atoms with E-state index in [0.717, 1.165) is 5.56 Å². The van der Waals surface area contributed by atoms with Gasteiger partial charge in [0.2, 0.25) is 6.10 Å². The molecule has 0 radical (unpaired) electrons. The van der Waals surface area contributed by atoms with E-state index in [0.29, 0.717) is 30.0 Å². The second kappa shape index (κ2) is 10.4. The van der Waals surface area contributed by atoms with Crippen LogP contribution in [0, 0.1) is 6.92 Å². The van der Waals surface area contributed by atoms with Crippen molar-refractivity contribution in [2.24, 2.45) is 0 Å². The number of nitrogens with zero attached hydrogens (tertiary/aromatic N) is 2. The molecule has 1 atom stereocenters. The highest BCUT2D eigenvalue weighted by molar-refractivity contribution is 5.98. The Morgan fingerprint density at radius 2 is 1.84 bits per heavy atom. The maximum Gasteiger partial charge on any atom is 0.359 e. The number of esters is 1. The van der Waals surface area contributed by atoms with Gasteiger partial charge >= 0.3 is 5.97 Å². The van der Waals surface area contributed by atoms with Gasteiger partial charge in [-0.15, -0.1) is 0 Å². The fourth-order valence-electron chi connectivity index (χ4n) is 3.12. The lowest BCUT2D eigenvalue weighted by Gasteiger charge is -2.19. The molecule has 0 fully saturated rings. The monoisotopic (exact) mass is 435 g/mol. The molecule has 8 heteroatoms. The molecule has 0 bridgehead atoms. The zero-order valence-corrected chi connectivity index (χ0v) is 18.2. The molecule has 0 saturated carbocycles. The number of benzene rings is 2. The van der Waals surface area contributed by atoms with Crippen molar-refractivity contribution < 1.29 is 19.1 Å². The van der Waals surface area contributed by atoms with Crippen molar-refractivity contribution in [3.05, 3.63) is 87.8 Å². The molecule has 8 nitrogen and oxygen atoms in total. The highest BCUT2D eigenvalue weighted by Crippen LogP contribution is 2.28. The first-order valence-electron chi connectivity index (χ1n) is 10.2. The van der Waals surface area contributed by atoms with Crippen LogP contribution < -0.4 is 15.6 Å². The van der Waals surface area contributed by atoms with Gasteiger partial charge in [-0.05, 0) is 37.1 Å². The first-order valence-corrected chi connectivity index (χ1v) is 10.2. The number of hydrogen-bond acceptors (Lipinski definition) is 6. The molecule has 2 aromatic carbocycles. The van der Waals surface area contributed by atoms with Gasteiger partial charge in [-0.2, -0.15) is 5.10 Å². The van der Waals surface area contributed by atoms with Gasteiger partial charge in [0.1, 0.15) is 5.75 Å². The first-order chi connectivity index (χ1) is 15.4. The van der Waals surface area contributed by atoms with Crippen molar-refractivity contribution in [2.45, 2.75) is 32.9 Å². The van der Waals surface area contributed by atoms with E-state index in [-0.39, 0.29) is 11.3 Å². The number of methoxy groups -OCH3 is 1. The molecule has 32 heavy (non-hydrogen) atoms. The predicted octanol–water partition coefficient (Wildman–Crippen LogP) is 3.51. The molecule has 166 valence electrons. The van der Waals surface area contributed by atoms with Crippen molar-refractivity contribution in [3.8, 4) is 5.75 Å². The van der Waals surface area contributed by atoms with Gasteiger partial charge in [0, 0.05) is 18.2 Å². The normalized spacial score (nSPS) is 11.5. The summed E-state index contributed by atoms with van der Waals surface area (Å²) in [6.07, 6.45) is -0.555. The minimum atomic E-state index is -1.23. The largest absolute Gasteiger partial charge is 0.495 e. The SMILES string of the molecule is CCCn1nc(C(=O)OC(C(=O)Nc2cc(C)ccc2OC)c2ccccc2)ccc1=O. The minimum Gasteiger partial charge on any atom is -0.495 e. The molecule has 0 saturated heterocycles. The van der Waals surface area contributed by atoms with Crippen LogP contribution in [-0.4, -0.2) is 28.8 Å². The summed E-state index contributed by atoms with van der Waals surface area (Å²) in [6.45, 7) is 4.16. The third-order valence-corrected chi connectivity index (χ3v) is 4.69. The molecule has 3 rings (SSSR count). The van der Waals surface area contributed by atoms with Crippen molar-refractivity contribution in [1.82, 2.24) is 9.78 Å². The van der Waals surface area contributed by atoms with Gasteiger partial charge in [0.15, 0.2) is 5.69 Å². The van der Waals surface area contributed by atoms with Crippen LogP contribution >= 0.6 is 0 Å². The lowest BCUT2D eigenvalue weighted by Crippen LogP contribution is -2.28. The Morgan fingerprint density at radius 3 is 2.53 bits per heavy atom. The fraction of sp³-hybridized carbons (Fsp3) is 0.250. The van der Waals surface area contributed by atoms with Gasteiger partial charge in [-0.3, -0.25) is 9.59 Å². The molecule has 1 aromatic heterocycles. The molecule has 0 aliphatic heterocycles. The van der Waals surface area contributed by atoms with E-state index in [1.165, 1.54) is 23.9 Å². The van der Waals surface area contributed by atoms with Crippen molar-refractivity contribution in [3.63, 3.8) is 0 Å². The van der Waals surface area contributed by atoms with Gasteiger partial charge in [0.05, 0.1) is 12.8 Å². The number of hydrogen-bond donors (Lipinski definition) is 1. The van der Waals surface area contributed by atoms with Crippen LogP contribution in [0.2, 0.25) is 0 Å². The Bertz CT molecular complexity index is 1160. The molecular weight excluding hydrogens is 410 g/mol. The van der Waals surface area contributed by atoms with E-state index >= 15 is 0 Å². The number of aromatic nitrogens is 2. The molecule has 0 spiro atoms. The van der Waals surface area contributed by atoms with E-state index in [1.807, 2.05) is 19.9 Å².